The van der Waals surface area contributed by atoms with Crippen LogP contribution in [0.5, 0.6) is 0 Å². The van der Waals surface area contributed by atoms with Crippen molar-refractivity contribution < 1.29 is 4.39 Å². The Morgan fingerprint density at radius 3 is 2.86 bits per heavy atom. The Morgan fingerprint density at radius 2 is 2.14 bits per heavy atom. The second kappa shape index (κ2) is 2.97. The lowest BCUT2D eigenvalue weighted by atomic mass is 9.82. The Bertz CT molecular complexity index is 357. The highest BCUT2D eigenvalue weighted by molar-refractivity contribution is 5.56. The minimum absolute atomic E-state index is 0.115. The molecule has 0 saturated carbocycles. The summed E-state index contributed by atoms with van der Waals surface area (Å²) in [7, 11) is 0. The van der Waals surface area contributed by atoms with Crippen molar-refractivity contribution >= 4 is 5.69 Å². The van der Waals surface area contributed by atoms with Crippen molar-refractivity contribution in [3.05, 3.63) is 29.6 Å². The molecule has 1 atom stereocenters. The van der Waals surface area contributed by atoms with Crippen LogP contribution in [0.25, 0.3) is 0 Å². The first kappa shape index (κ1) is 9.50. The quantitative estimate of drug-likeness (QED) is 0.664. The van der Waals surface area contributed by atoms with Crippen molar-refractivity contribution in [3.8, 4) is 0 Å². The van der Waals surface area contributed by atoms with Crippen LogP contribution >= 0.6 is 0 Å². The maximum atomic E-state index is 13.0. The van der Waals surface area contributed by atoms with E-state index >= 15 is 0 Å². The van der Waals surface area contributed by atoms with E-state index in [-0.39, 0.29) is 11.4 Å². The standard InChI is InChI=1S/C12H16FN/c1-8-7-12(2,3)14-11-5-4-9(13)6-10(8)11/h4-6,8,14H,7H2,1-3H3/t8-/m1/s1. The fourth-order valence-corrected chi connectivity index (χ4v) is 2.35. The van der Waals surface area contributed by atoms with Gasteiger partial charge in [0.15, 0.2) is 0 Å². The second-order valence-corrected chi connectivity index (χ2v) is 4.85. The predicted molar refractivity (Wildman–Crippen MR) is 57.1 cm³/mol. The molecule has 14 heavy (non-hydrogen) atoms. The lowest BCUT2D eigenvalue weighted by Crippen LogP contribution is -2.36. The molecular formula is C12H16FN. The van der Waals surface area contributed by atoms with Crippen LogP contribution in [0, 0.1) is 5.82 Å². The van der Waals surface area contributed by atoms with Crippen LogP contribution in [0.2, 0.25) is 0 Å². The molecule has 2 heteroatoms. The van der Waals surface area contributed by atoms with Gasteiger partial charge in [-0.15, -0.1) is 0 Å². The summed E-state index contributed by atoms with van der Waals surface area (Å²) in [4.78, 5) is 0. The van der Waals surface area contributed by atoms with Crippen molar-refractivity contribution in [2.24, 2.45) is 0 Å². The van der Waals surface area contributed by atoms with Gasteiger partial charge in [-0.25, -0.2) is 4.39 Å². The number of hydrogen-bond donors (Lipinski definition) is 1. The first-order valence-electron chi connectivity index (χ1n) is 5.05. The fourth-order valence-electron chi connectivity index (χ4n) is 2.35. The third-order valence-electron chi connectivity index (χ3n) is 2.83. The van der Waals surface area contributed by atoms with Crippen molar-refractivity contribution in [2.75, 3.05) is 5.32 Å². The number of halogens is 1. The van der Waals surface area contributed by atoms with Crippen LogP contribution < -0.4 is 5.32 Å². The minimum atomic E-state index is -0.142. The molecule has 1 N–H and O–H groups in total. The predicted octanol–water partition coefficient (Wildman–Crippen LogP) is 3.52. The summed E-state index contributed by atoms with van der Waals surface area (Å²) in [5, 5.41) is 3.43. The monoisotopic (exact) mass is 193 g/mol. The molecule has 1 aromatic carbocycles. The van der Waals surface area contributed by atoms with E-state index in [4.69, 9.17) is 0 Å². The van der Waals surface area contributed by atoms with Gasteiger partial charge in [-0.05, 0) is 49.9 Å². The average Bonchev–Trinajstić information content (AvgIpc) is 2.05. The Labute approximate surface area is 84.3 Å². The lowest BCUT2D eigenvalue weighted by molar-refractivity contribution is 0.452. The first-order chi connectivity index (χ1) is 6.48. The molecule has 1 aliphatic heterocycles. The molecule has 1 heterocycles. The molecule has 0 fully saturated rings. The van der Waals surface area contributed by atoms with Crippen LogP contribution in [0.3, 0.4) is 0 Å². The Hall–Kier alpha value is -1.05. The van der Waals surface area contributed by atoms with Gasteiger partial charge < -0.3 is 5.32 Å². The molecule has 76 valence electrons. The van der Waals surface area contributed by atoms with E-state index < -0.39 is 0 Å². The fraction of sp³-hybridized carbons (Fsp3) is 0.500. The zero-order valence-electron chi connectivity index (χ0n) is 8.89. The summed E-state index contributed by atoms with van der Waals surface area (Å²) < 4.78 is 13.0. The summed E-state index contributed by atoms with van der Waals surface area (Å²) in [6, 6.07) is 4.99. The zero-order chi connectivity index (χ0) is 10.3. The van der Waals surface area contributed by atoms with Gasteiger partial charge in [-0.1, -0.05) is 6.92 Å². The average molecular weight is 193 g/mol. The van der Waals surface area contributed by atoms with E-state index in [2.05, 4.69) is 26.1 Å². The Kier molecular flexibility index (Phi) is 2.02. The summed E-state index contributed by atoms with van der Waals surface area (Å²) in [5.74, 6) is 0.286. The van der Waals surface area contributed by atoms with Gasteiger partial charge in [0.05, 0.1) is 0 Å². The van der Waals surface area contributed by atoms with Crippen LogP contribution in [0.4, 0.5) is 10.1 Å². The highest BCUT2D eigenvalue weighted by Gasteiger charge is 2.28. The molecule has 2 rings (SSSR count). The lowest BCUT2D eigenvalue weighted by Gasteiger charge is -2.37. The van der Waals surface area contributed by atoms with Crippen LogP contribution in [-0.2, 0) is 0 Å². The Balaban J connectivity index is 2.45. The summed E-state index contributed by atoms with van der Waals surface area (Å²) in [6.07, 6.45) is 1.05. The van der Waals surface area contributed by atoms with E-state index in [9.17, 15) is 4.39 Å². The number of hydrogen-bond acceptors (Lipinski definition) is 1. The van der Waals surface area contributed by atoms with Gasteiger partial charge in [-0.3, -0.25) is 0 Å². The van der Waals surface area contributed by atoms with Crippen LogP contribution in [-0.4, -0.2) is 5.54 Å². The molecule has 0 bridgehead atoms. The summed E-state index contributed by atoms with van der Waals surface area (Å²) in [6.45, 7) is 6.51. The molecule has 1 aromatic rings. The van der Waals surface area contributed by atoms with E-state index in [0.717, 1.165) is 17.7 Å². The molecule has 0 aliphatic carbocycles. The van der Waals surface area contributed by atoms with Crippen LogP contribution in [0.15, 0.2) is 18.2 Å². The third kappa shape index (κ3) is 1.61. The maximum Gasteiger partial charge on any atom is 0.123 e. The SMILES string of the molecule is C[C@@H]1CC(C)(C)Nc2ccc(F)cc21. The second-order valence-electron chi connectivity index (χ2n) is 4.85. The van der Waals surface area contributed by atoms with Gasteiger partial charge in [0.25, 0.3) is 0 Å². The maximum absolute atomic E-state index is 13.0. The number of benzene rings is 1. The summed E-state index contributed by atoms with van der Waals surface area (Å²) in [5.41, 5.74) is 2.30. The molecule has 0 aromatic heterocycles. The number of nitrogens with one attached hydrogen (secondary N) is 1. The highest BCUT2D eigenvalue weighted by Crippen LogP contribution is 2.38. The van der Waals surface area contributed by atoms with E-state index in [0.29, 0.717) is 5.92 Å². The molecular weight excluding hydrogens is 177 g/mol. The molecule has 0 spiro atoms. The van der Waals surface area contributed by atoms with E-state index in [1.807, 2.05) is 6.07 Å². The van der Waals surface area contributed by atoms with Crippen molar-refractivity contribution in [1.82, 2.24) is 0 Å². The highest BCUT2D eigenvalue weighted by atomic mass is 19.1. The van der Waals surface area contributed by atoms with E-state index in [1.54, 1.807) is 6.07 Å². The molecule has 0 unspecified atom stereocenters. The third-order valence-corrected chi connectivity index (χ3v) is 2.83. The van der Waals surface area contributed by atoms with Crippen molar-refractivity contribution in [3.63, 3.8) is 0 Å². The number of fused-ring (bicyclic) bond motifs is 1. The van der Waals surface area contributed by atoms with Gasteiger partial charge >= 0.3 is 0 Å². The molecule has 0 radical (unpaired) electrons. The first-order valence-corrected chi connectivity index (χ1v) is 5.05. The topological polar surface area (TPSA) is 12.0 Å². The van der Waals surface area contributed by atoms with Crippen molar-refractivity contribution in [1.29, 1.82) is 0 Å². The van der Waals surface area contributed by atoms with Gasteiger partial charge in [0.1, 0.15) is 5.82 Å². The molecule has 0 saturated heterocycles. The molecule has 1 nitrogen and oxygen atoms in total. The summed E-state index contributed by atoms with van der Waals surface area (Å²) >= 11 is 0. The van der Waals surface area contributed by atoms with E-state index in [1.165, 1.54) is 6.07 Å². The van der Waals surface area contributed by atoms with Gasteiger partial charge in [0.2, 0.25) is 0 Å². The number of anilines is 1. The van der Waals surface area contributed by atoms with Crippen LogP contribution in [0.1, 0.15) is 38.7 Å². The zero-order valence-corrected chi connectivity index (χ0v) is 8.89. The normalized spacial score (nSPS) is 23.9. The minimum Gasteiger partial charge on any atom is -0.380 e. The van der Waals surface area contributed by atoms with Crippen molar-refractivity contribution in [2.45, 2.75) is 38.6 Å². The number of rotatable bonds is 0. The largest absolute Gasteiger partial charge is 0.380 e. The smallest absolute Gasteiger partial charge is 0.123 e. The van der Waals surface area contributed by atoms with Gasteiger partial charge in [0, 0.05) is 11.2 Å². The molecule has 0 amide bonds. The Morgan fingerprint density at radius 1 is 1.43 bits per heavy atom. The molecule has 1 aliphatic rings. The van der Waals surface area contributed by atoms with Gasteiger partial charge in [-0.2, -0.15) is 0 Å².